The van der Waals surface area contributed by atoms with Gasteiger partial charge in [-0.15, -0.1) is 0 Å². The number of rotatable bonds is 19. The van der Waals surface area contributed by atoms with Crippen LogP contribution in [0.15, 0.2) is 24.4 Å². The fourth-order valence-electron chi connectivity index (χ4n) is 4.25. The summed E-state index contributed by atoms with van der Waals surface area (Å²) < 4.78 is 0. The lowest BCUT2D eigenvalue weighted by atomic mass is 10.0. The number of amides is 1. The van der Waals surface area contributed by atoms with Crippen LogP contribution < -0.4 is 0 Å². The predicted molar refractivity (Wildman–Crippen MR) is 123 cm³/mol. The molecule has 0 bridgehead atoms. The zero-order valence-corrected chi connectivity index (χ0v) is 18.9. The molecular formula is C26H47NO. The molecule has 1 amide bonds. The van der Waals surface area contributed by atoms with Gasteiger partial charge < -0.3 is 4.90 Å². The summed E-state index contributed by atoms with van der Waals surface area (Å²) in [5.41, 5.74) is 1.18. The molecule has 0 unspecified atom stereocenters. The molecule has 28 heavy (non-hydrogen) atoms. The Morgan fingerprint density at radius 1 is 0.821 bits per heavy atom. The molecule has 1 fully saturated rings. The molecule has 162 valence electrons. The Morgan fingerprint density at radius 3 is 1.68 bits per heavy atom. The zero-order chi connectivity index (χ0) is 20.3. The van der Waals surface area contributed by atoms with Gasteiger partial charge in [0.15, 0.2) is 0 Å². The van der Waals surface area contributed by atoms with Crippen LogP contribution in [0.25, 0.3) is 0 Å². The Kier molecular flexibility index (Phi) is 16.1. The molecule has 1 aliphatic rings. The van der Waals surface area contributed by atoms with Gasteiger partial charge in [-0.3, -0.25) is 4.79 Å². The topological polar surface area (TPSA) is 20.3 Å². The monoisotopic (exact) mass is 389 g/mol. The van der Waals surface area contributed by atoms with Crippen molar-refractivity contribution in [2.45, 2.75) is 129 Å². The van der Waals surface area contributed by atoms with Crippen molar-refractivity contribution < 1.29 is 4.79 Å². The Hall–Kier alpha value is -1.05. The molecule has 1 rings (SSSR count). The molecule has 0 saturated carbocycles. The SMILES string of the molecule is C=CC=C(CCCCCCCCCCCCCCCCCC)N1CCCC1=O. The summed E-state index contributed by atoms with van der Waals surface area (Å²) >= 11 is 0. The second-order valence-electron chi connectivity index (χ2n) is 8.60. The third-order valence-electron chi connectivity index (χ3n) is 6.02. The third kappa shape index (κ3) is 12.4. The molecule has 2 nitrogen and oxygen atoms in total. The molecule has 0 aliphatic carbocycles. The van der Waals surface area contributed by atoms with E-state index in [1.165, 1.54) is 108 Å². The van der Waals surface area contributed by atoms with Crippen LogP contribution >= 0.6 is 0 Å². The van der Waals surface area contributed by atoms with Crippen molar-refractivity contribution in [1.29, 1.82) is 0 Å². The van der Waals surface area contributed by atoms with Gasteiger partial charge in [0.25, 0.3) is 0 Å². The molecule has 1 aliphatic heterocycles. The third-order valence-corrected chi connectivity index (χ3v) is 6.02. The molecule has 0 atom stereocenters. The van der Waals surface area contributed by atoms with Gasteiger partial charge in [0, 0.05) is 18.7 Å². The highest BCUT2D eigenvalue weighted by Crippen LogP contribution is 2.22. The summed E-state index contributed by atoms with van der Waals surface area (Å²) in [6.45, 7) is 7.00. The van der Waals surface area contributed by atoms with Crippen LogP contribution in [0.5, 0.6) is 0 Å². The first-order valence-electron chi connectivity index (χ1n) is 12.4. The largest absolute Gasteiger partial charge is 0.316 e. The van der Waals surface area contributed by atoms with Gasteiger partial charge in [0.1, 0.15) is 0 Å². The van der Waals surface area contributed by atoms with Crippen LogP contribution in [0.3, 0.4) is 0 Å². The van der Waals surface area contributed by atoms with E-state index < -0.39 is 0 Å². The Labute approximate surface area is 175 Å². The Bertz CT molecular complexity index is 426. The molecule has 0 spiro atoms. The fourth-order valence-corrected chi connectivity index (χ4v) is 4.25. The van der Waals surface area contributed by atoms with E-state index in [0.29, 0.717) is 12.3 Å². The normalized spacial score (nSPS) is 14.8. The summed E-state index contributed by atoms with van der Waals surface area (Å²) in [7, 11) is 0. The average molecular weight is 390 g/mol. The molecule has 0 aromatic carbocycles. The first-order chi connectivity index (χ1) is 13.8. The lowest BCUT2D eigenvalue weighted by molar-refractivity contribution is -0.126. The number of unbranched alkanes of at least 4 members (excludes halogenated alkanes) is 15. The number of likely N-dealkylation sites (tertiary alicyclic amines) is 1. The van der Waals surface area contributed by atoms with Crippen molar-refractivity contribution in [3.05, 3.63) is 24.4 Å². The van der Waals surface area contributed by atoms with E-state index >= 15 is 0 Å². The number of carbonyl (C=O) groups is 1. The number of hydrogen-bond donors (Lipinski definition) is 0. The van der Waals surface area contributed by atoms with Crippen LogP contribution in [0.4, 0.5) is 0 Å². The zero-order valence-electron chi connectivity index (χ0n) is 18.9. The molecular weight excluding hydrogens is 342 g/mol. The number of hydrogen-bond acceptors (Lipinski definition) is 1. The van der Waals surface area contributed by atoms with Crippen molar-refractivity contribution in [3.8, 4) is 0 Å². The maximum Gasteiger partial charge on any atom is 0.226 e. The van der Waals surface area contributed by atoms with E-state index in [0.717, 1.165) is 19.4 Å². The van der Waals surface area contributed by atoms with E-state index in [-0.39, 0.29) is 0 Å². The van der Waals surface area contributed by atoms with E-state index in [4.69, 9.17) is 0 Å². The van der Waals surface area contributed by atoms with Gasteiger partial charge in [-0.05, 0) is 25.3 Å². The molecule has 0 radical (unpaired) electrons. The Balaban J connectivity index is 1.86. The summed E-state index contributed by atoms with van der Waals surface area (Å²) in [6.07, 6.45) is 29.0. The van der Waals surface area contributed by atoms with Gasteiger partial charge in [-0.25, -0.2) is 0 Å². The highest BCUT2D eigenvalue weighted by Gasteiger charge is 2.22. The maximum absolute atomic E-state index is 11.9. The van der Waals surface area contributed by atoms with Crippen LogP contribution in [-0.4, -0.2) is 17.4 Å². The summed E-state index contributed by atoms with van der Waals surface area (Å²) in [4.78, 5) is 13.9. The lowest BCUT2D eigenvalue weighted by Gasteiger charge is -2.19. The molecule has 2 heteroatoms. The first kappa shape index (κ1) is 25.0. The van der Waals surface area contributed by atoms with E-state index in [1.807, 2.05) is 17.1 Å². The average Bonchev–Trinajstić information content (AvgIpc) is 3.12. The smallest absolute Gasteiger partial charge is 0.226 e. The standard InChI is InChI=1S/C26H47NO/c1-3-5-6-7-8-9-10-11-12-13-14-15-16-17-18-19-22-25(21-4-2)27-24-20-23-26(27)28/h4,21H,2-3,5-20,22-24H2,1H3. The van der Waals surface area contributed by atoms with Gasteiger partial charge in [-0.1, -0.05) is 116 Å². The van der Waals surface area contributed by atoms with Crippen LogP contribution in [0, 0.1) is 0 Å². The lowest BCUT2D eigenvalue weighted by Crippen LogP contribution is -2.23. The molecule has 1 saturated heterocycles. The van der Waals surface area contributed by atoms with E-state index in [1.54, 1.807) is 0 Å². The number of allylic oxidation sites excluding steroid dienone is 3. The minimum Gasteiger partial charge on any atom is -0.316 e. The van der Waals surface area contributed by atoms with Crippen molar-refractivity contribution in [2.75, 3.05) is 6.54 Å². The molecule has 0 aromatic heterocycles. The van der Waals surface area contributed by atoms with Crippen molar-refractivity contribution >= 4 is 5.91 Å². The second-order valence-corrected chi connectivity index (χ2v) is 8.60. The van der Waals surface area contributed by atoms with Crippen LogP contribution in [0.2, 0.25) is 0 Å². The van der Waals surface area contributed by atoms with Gasteiger partial charge >= 0.3 is 0 Å². The quantitative estimate of drug-likeness (QED) is 0.160. The Morgan fingerprint density at radius 2 is 1.29 bits per heavy atom. The van der Waals surface area contributed by atoms with Gasteiger partial charge in [-0.2, -0.15) is 0 Å². The van der Waals surface area contributed by atoms with E-state index in [9.17, 15) is 4.79 Å². The highest BCUT2D eigenvalue weighted by atomic mass is 16.2. The number of nitrogens with zero attached hydrogens (tertiary/aromatic N) is 1. The molecule has 1 heterocycles. The van der Waals surface area contributed by atoms with Crippen molar-refractivity contribution in [3.63, 3.8) is 0 Å². The molecule has 0 aromatic rings. The van der Waals surface area contributed by atoms with Crippen molar-refractivity contribution in [1.82, 2.24) is 4.90 Å². The fraction of sp³-hybridized carbons (Fsp3) is 0.808. The van der Waals surface area contributed by atoms with Gasteiger partial charge in [0.2, 0.25) is 5.91 Å². The van der Waals surface area contributed by atoms with Gasteiger partial charge in [0.05, 0.1) is 0 Å². The van der Waals surface area contributed by atoms with Crippen molar-refractivity contribution in [2.24, 2.45) is 0 Å². The minimum absolute atomic E-state index is 0.296. The molecule has 0 N–H and O–H groups in total. The minimum atomic E-state index is 0.296. The summed E-state index contributed by atoms with van der Waals surface area (Å²) in [5, 5.41) is 0. The maximum atomic E-state index is 11.9. The second kappa shape index (κ2) is 18.0. The highest BCUT2D eigenvalue weighted by molar-refractivity contribution is 5.80. The van der Waals surface area contributed by atoms with Crippen LogP contribution in [0.1, 0.15) is 129 Å². The van der Waals surface area contributed by atoms with Crippen LogP contribution in [-0.2, 0) is 4.79 Å². The van der Waals surface area contributed by atoms with E-state index in [2.05, 4.69) is 13.5 Å². The predicted octanol–water partition coefficient (Wildman–Crippen LogP) is 8.33. The summed E-state index contributed by atoms with van der Waals surface area (Å²) in [5.74, 6) is 0.296. The summed E-state index contributed by atoms with van der Waals surface area (Å²) in [6, 6.07) is 0. The number of carbonyl (C=O) groups excluding carboxylic acids is 1. The first-order valence-corrected chi connectivity index (χ1v) is 12.4.